The molecule has 1 atom stereocenters. The zero-order chi connectivity index (χ0) is 32.5. The number of hydrogen-bond acceptors (Lipinski definition) is 6. The first-order valence-corrected chi connectivity index (χ1v) is 15.8. The summed E-state index contributed by atoms with van der Waals surface area (Å²) in [6, 6.07) is 0. The molecule has 41 heavy (non-hydrogen) atoms. The molecule has 0 radical (unpaired) electrons. The van der Waals surface area contributed by atoms with Crippen molar-refractivity contribution in [1.82, 2.24) is 10.6 Å². The van der Waals surface area contributed by atoms with Crippen molar-refractivity contribution < 1.29 is 19.1 Å². The van der Waals surface area contributed by atoms with Crippen LogP contribution in [0.1, 0.15) is 149 Å². The average Bonchev–Trinajstić information content (AvgIpc) is 2.81. The van der Waals surface area contributed by atoms with E-state index in [0.717, 1.165) is 38.3 Å². The van der Waals surface area contributed by atoms with Crippen LogP contribution >= 0.6 is 12.6 Å². The molecule has 0 aliphatic rings. The van der Waals surface area contributed by atoms with Crippen LogP contribution in [0.5, 0.6) is 0 Å². The number of hydrogen-bond donors (Lipinski definition) is 3. The Kier molecular flexibility index (Phi) is 34.4. The fraction of sp³-hybridized carbons (Fsp3) is 0.941. The maximum absolute atomic E-state index is 10.7. The number of rotatable bonds is 17. The first-order chi connectivity index (χ1) is 18.2. The summed E-state index contributed by atoms with van der Waals surface area (Å²) >= 11 is 4.44. The lowest BCUT2D eigenvalue weighted by Gasteiger charge is -2.29. The van der Waals surface area contributed by atoms with Gasteiger partial charge in [-0.15, -0.1) is 0 Å². The van der Waals surface area contributed by atoms with Crippen molar-refractivity contribution in [3.8, 4) is 0 Å². The van der Waals surface area contributed by atoms with Gasteiger partial charge in [0.25, 0.3) is 0 Å². The summed E-state index contributed by atoms with van der Waals surface area (Å²) in [5, 5.41) is 5.92. The van der Waals surface area contributed by atoms with Crippen LogP contribution in [-0.4, -0.2) is 62.0 Å². The smallest absolute Gasteiger partial charge is 0.216 e. The number of unbranched alkanes of at least 4 members (excludes halogenated alkanes) is 1. The van der Waals surface area contributed by atoms with Crippen LogP contribution in [0.4, 0.5) is 0 Å². The van der Waals surface area contributed by atoms with Crippen molar-refractivity contribution in [3.63, 3.8) is 0 Å². The summed E-state index contributed by atoms with van der Waals surface area (Å²) in [6.45, 7) is 32.7. The predicted molar refractivity (Wildman–Crippen MR) is 186 cm³/mol. The van der Waals surface area contributed by atoms with E-state index in [0.29, 0.717) is 13.2 Å². The summed E-state index contributed by atoms with van der Waals surface area (Å²) in [5.74, 6) is 0.974. The highest BCUT2D eigenvalue weighted by Gasteiger charge is 2.21. The second-order valence-corrected chi connectivity index (χ2v) is 15.1. The molecule has 6 nitrogen and oxygen atoms in total. The Labute approximate surface area is 264 Å². The standard InChI is InChI=1S/C12H25NO2S.C11H25NO.C9H20.CH2O.CH4/c1-10(14)13-8-6-11(2,3)15-9-7-12(4,5)16;1-10(2,3)9-13-11(4,5)7-8-12-6;1-4-6-8-9(3)7-5-2;1-2;/h16H,6-9H2,1-5H3,(H,13,14);12H,7-9H2,1-6H3;9H,4-8H2,1-3H3;1H2;1H4. The van der Waals surface area contributed by atoms with Crippen LogP contribution in [0.3, 0.4) is 0 Å². The molecule has 2 N–H and O–H groups in total. The highest BCUT2D eigenvalue weighted by atomic mass is 32.1. The molecular formula is C34H76N2O4S. The van der Waals surface area contributed by atoms with Crippen LogP contribution in [0.25, 0.3) is 0 Å². The SMILES string of the molecule is C.C=O.CC(=O)NCCC(C)(C)OCCC(C)(C)S.CCCCC(C)CCC.CNCCC(C)(C)OCC(C)(C)C. The number of amides is 1. The van der Waals surface area contributed by atoms with Gasteiger partial charge in [0.2, 0.25) is 5.91 Å². The van der Waals surface area contributed by atoms with E-state index < -0.39 is 0 Å². The van der Waals surface area contributed by atoms with E-state index >= 15 is 0 Å². The van der Waals surface area contributed by atoms with Gasteiger partial charge in [0.15, 0.2) is 0 Å². The third-order valence-corrected chi connectivity index (χ3v) is 6.24. The minimum Gasteiger partial charge on any atom is -0.375 e. The summed E-state index contributed by atoms with van der Waals surface area (Å²) in [5.41, 5.74) is 0.0642. The first-order valence-electron chi connectivity index (χ1n) is 15.4. The highest BCUT2D eigenvalue weighted by Crippen LogP contribution is 2.21. The van der Waals surface area contributed by atoms with Crippen molar-refractivity contribution in [1.29, 1.82) is 0 Å². The Morgan fingerprint density at radius 2 is 1.32 bits per heavy atom. The molecule has 0 aromatic heterocycles. The Balaban J connectivity index is -0.000000157. The number of ether oxygens (including phenoxy) is 2. The van der Waals surface area contributed by atoms with Gasteiger partial charge < -0.3 is 24.9 Å². The molecule has 0 bridgehead atoms. The third-order valence-electron chi connectivity index (χ3n) is 6.01. The van der Waals surface area contributed by atoms with Crippen LogP contribution in [-0.2, 0) is 19.1 Å². The van der Waals surface area contributed by atoms with Crippen molar-refractivity contribution in [2.45, 2.75) is 165 Å². The third kappa shape index (κ3) is 49.4. The topological polar surface area (TPSA) is 76.7 Å². The van der Waals surface area contributed by atoms with Crippen LogP contribution in [0.15, 0.2) is 0 Å². The summed E-state index contributed by atoms with van der Waals surface area (Å²) in [7, 11) is 1.97. The van der Waals surface area contributed by atoms with E-state index in [1.54, 1.807) is 0 Å². The molecule has 0 spiro atoms. The number of carbonyl (C=O) groups excluding carboxylic acids is 2. The molecule has 1 amide bonds. The zero-order valence-electron chi connectivity index (χ0n) is 29.3. The second-order valence-electron chi connectivity index (χ2n) is 13.9. The van der Waals surface area contributed by atoms with Crippen LogP contribution in [0, 0.1) is 11.3 Å². The maximum atomic E-state index is 10.7. The fourth-order valence-electron chi connectivity index (χ4n) is 3.29. The Morgan fingerprint density at radius 1 is 0.829 bits per heavy atom. The second kappa shape index (κ2) is 28.2. The normalized spacial score (nSPS) is 12.3. The molecule has 0 rings (SSSR count). The van der Waals surface area contributed by atoms with Crippen LogP contribution in [0.2, 0.25) is 0 Å². The number of thiol groups is 1. The van der Waals surface area contributed by atoms with E-state index in [-0.39, 0.29) is 34.7 Å². The highest BCUT2D eigenvalue weighted by molar-refractivity contribution is 7.81. The van der Waals surface area contributed by atoms with Crippen LogP contribution < -0.4 is 10.6 Å². The summed E-state index contributed by atoms with van der Waals surface area (Å²) < 4.78 is 11.7. The Bertz CT molecular complexity index is 570. The van der Waals surface area contributed by atoms with E-state index in [1.165, 1.54) is 39.0 Å². The van der Waals surface area contributed by atoms with Gasteiger partial charge in [-0.05, 0) is 71.9 Å². The summed E-state index contributed by atoms with van der Waals surface area (Å²) in [4.78, 5) is 18.7. The molecule has 0 aliphatic heterocycles. The average molecular weight is 609 g/mol. The molecule has 0 heterocycles. The van der Waals surface area contributed by atoms with Gasteiger partial charge >= 0.3 is 0 Å². The minimum absolute atomic E-state index is 0. The lowest BCUT2D eigenvalue weighted by Crippen LogP contribution is -2.32. The van der Waals surface area contributed by atoms with Crippen molar-refractivity contribution >= 4 is 25.3 Å². The summed E-state index contributed by atoms with van der Waals surface area (Å²) in [6.07, 6.45) is 9.77. The maximum Gasteiger partial charge on any atom is 0.216 e. The molecule has 0 aromatic carbocycles. The van der Waals surface area contributed by atoms with Gasteiger partial charge in [0.05, 0.1) is 17.8 Å². The van der Waals surface area contributed by atoms with Crippen molar-refractivity contribution in [2.75, 3.05) is 33.4 Å². The number of nitrogens with one attached hydrogen (secondary N) is 2. The predicted octanol–water partition coefficient (Wildman–Crippen LogP) is 8.91. The molecule has 7 heteroatoms. The van der Waals surface area contributed by atoms with Gasteiger partial charge in [-0.25, -0.2) is 0 Å². The molecule has 0 saturated carbocycles. The molecule has 0 aromatic rings. The molecule has 0 aliphatic carbocycles. The van der Waals surface area contributed by atoms with E-state index in [4.69, 9.17) is 14.3 Å². The van der Waals surface area contributed by atoms with E-state index in [1.807, 2.05) is 27.7 Å². The van der Waals surface area contributed by atoms with Gasteiger partial charge in [0.1, 0.15) is 6.79 Å². The molecule has 1 unspecified atom stereocenters. The monoisotopic (exact) mass is 609 g/mol. The van der Waals surface area contributed by atoms with Crippen molar-refractivity contribution in [3.05, 3.63) is 0 Å². The number of carbonyl (C=O) groups is 2. The molecular weight excluding hydrogens is 532 g/mol. The molecule has 0 saturated heterocycles. The Hall–Kier alpha value is -0.630. The van der Waals surface area contributed by atoms with Crippen molar-refractivity contribution in [2.24, 2.45) is 11.3 Å². The lowest BCUT2D eigenvalue weighted by atomic mass is 9.97. The van der Waals surface area contributed by atoms with E-state index in [9.17, 15) is 4.79 Å². The van der Waals surface area contributed by atoms with Gasteiger partial charge in [0, 0.05) is 24.8 Å². The van der Waals surface area contributed by atoms with E-state index in [2.05, 4.69) is 92.5 Å². The quantitative estimate of drug-likeness (QED) is 0.144. The fourth-order valence-corrected chi connectivity index (χ4v) is 3.38. The molecule has 0 fully saturated rings. The van der Waals surface area contributed by atoms with Gasteiger partial charge in [-0.1, -0.05) is 94.9 Å². The zero-order valence-corrected chi connectivity index (χ0v) is 30.2. The minimum atomic E-state index is -0.193. The van der Waals surface area contributed by atoms with Gasteiger partial charge in [-0.2, -0.15) is 12.6 Å². The largest absolute Gasteiger partial charge is 0.375 e. The lowest BCUT2D eigenvalue weighted by molar-refractivity contribution is -0.119. The molecule has 252 valence electrons. The van der Waals surface area contributed by atoms with Gasteiger partial charge in [-0.3, -0.25) is 4.79 Å². The first kappa shape index (κ1) is 50.0. The Morgan fingerprint density at radius 3 is 1.71 bits per heavy atom.